The molecule has 0 saturated carbocycles. The van der Waals surface area contributed by atoms with Crippen LogP contribution in [0.3, 0.4) is 0 Å². The molecule has 2 amide bonds. The minimum atomic E-state index is -0.0538. The lowest BCUT2D eigenvalue weighted by Crippen LogP contribution is -2.43. The van der Waals surface area contributed by atoms with Gasteiger partial charge in [0.15, 0.2) is 0 Å². The van der Waals surface area contributed by atoms with E-state index in [4.69, 9.17) is 0 Å². The summed E-state index contributed by atoms with van der Waals surface area (Å²) in [6, 6.07) is 0.364. The van der Waals surface area contributed by atoms with Crippen LogP contribution >= 0.6 is 0 Å². The predicted molar refractivity (Wildman–Crippen MR) is 46.5 cm³/mol. The Kier molecular flexibility index (Phi) is 2.08. The molecule has 0 spiro atoms. The Morgan fingerprint density at radius 1 is 1.50 bits per heavy atom. The maximum absolute atomic E-state index is 11.2. The first kappa shape index (κ1) is 7.73. The molecule has 2 aliphatic heterocycles. The highest BCUT2D eigenvalue weighted by molar-refractivity contribution is 5.91. The van der Waals surface area contributed by atoms with Gasteiger partial charge in [-0.05, 0) is 25.9 Å². The average molecular weight is 167 g/mol. The minimum absolute atomic E-state index is 0.0538. The smallest absolute Gasteiger partial charge is 0.317 e. The van der Waals surface area contributed by atoms with E-state index in [1.54, 1.807) is 6.21 Å². The van der Waals surface area contributed by atoms with Crippen molar-refractivity contribution in [3.63, 3.8) is 0 Å². The summed E-state index contributed by atoms with van der Waals surface area (Å²) in [5, 5.41) is 3.27. The lowest BCUT2D eigenvalue weighted by Gasteiger charge is -2.30. The molecule has 0 aromatic carbocycles. The molecule has 1 N–H and O–H groups in total. The van der Waals surface area contributed by atoms with Gasteiger partial charge in [-0.2, -0.15) is 0 Å². The standard InChI is InChI=1S/C8H13N3O/c12-8-10-5-6-11(8)7-1-3-9-4-2-7/h5,7,9H,1-4,6H2. The number of amides is 2. The predicted octanol–water partition coefficient (Wildman–Crippen LogP) is 0.245. The van der Waals surface area contributed by atoms with Crippen LogP contribution in [0.15, 0.2) is 4.99 Å². The maximum Gasteiger partial charge on any atom is 0.343 e. The van der Waals surface area contributed by atoms with Gasteiger partial charge in [-0.25, -0.2) is 9.79 Å². The number of hydrogen-bond acceptors (Lipinski definition) is 2. The van der Waals surface area contributed by atoms with E-state index in [0.29, 0.717) is 12.6 Å². The molecular formula is C8H13N3O. The van der Waals surface area contributed by atoms with Crippen LogP contribution in [0.5, 0.6) is 0 Å². The van der Waals surface area contributed by atoms with Crippen LogP contribution in [-0.2, 0) is 0 Å². The first-order chi connectivity index (χ1) is 5.88. The lowest BCUT2D eigenvalue weighted by atomic mass is 10.1. The Balaban J connectivity index is 1.95. The summed E-state index contributed by atoms with van der Waals surface area (Å²) in [4.78, 5) is 16.8. The number of nitrogens with zero attached hydrogens (tertiary/aromatic N) is 2. The number of nitrogens with one attached hydrogen (secondary N) is 1. The van der Waals surface area contributed by atoms with E-state index >= 15 is 0 Å². The fourth-order valence-electron chi connectivity index (χ4n) is 1.78. The number of piperidine rings is 1. The zero-order chi connectivity index (χ0) is 8.39. The monoisotopic (exact) mass is 167 g/mol. The number of carbonyl (C=O) groups excluding carboxylic acids is 1. The number of urea groups is 1. The van der Waals surface area contributed by atoms with E-state index in [1.165, 1.54) is 0 Å². The van der Waals surface area contributed by atoms with E-state index in [-0.39, 0.29) is 6.03 Å². The van der Waals surface area contributed by atoms with Gasteiger partial charge in [0.2, 0.25) is 0 Å². The molecule has 12 heavy (non-hydrogen) atoms. The average Bonchev–Trinajstić information content (AvgIpc) is 2.53. The van der Waals surface area contributed by atoms with Gasteiger partial charge in [-0.15, -0.1) is 0 Å². The molecule has 4 heteroatoms. The molecule has 2 heterocycles. The van der Waals surface area contributed by atoms with E-state index in [2.05, 4.69) is 10.3 Å². The van der Waals surface area contributed by atoms with Crippen molar-refractivity contribution in [2.24, 2.45) is 4.99 Å². The van der Waals surface area contributed by atoms with Crippen LogP contribution in [-0.4, -0.2) is 42.8 Å². The second kappa shape index (κ2) is 3.23. The number of hydrogen-bond donors (Lipinski definition) is 1. The highest BCUT2D eigenvalue weighted by Crippen LogP contribution is 2.14. The second-order valence-electron chi connectivity index (χ2n) is 3.23. The fraction of sp³-hybridized carbons (Fsp3) is 0.750. The first-order valence-electron chi connectivity index (χ1n) is 4.42. The van der Waals surface area contributed by atoms with Crippen LogP contribution in [0.2, 0.25) is 0 Å². The summed E-state index contributed by atoms with van der Waals surface area (Å²) in [5.41, 5.74) is 0. The molecule has 0 aromatic heterocycles. The molecule has 0 atom stereocenters. The van der Waals surface area contributed by atoms with Crippen LogP contribution in [0, 0.1) is 0 Å². The van der Waals surface area contributed by atoms with Crippen molar-refractivity contribution >= 4 is 12.2 Å². The van der Waals surface area contributed by atoms with Crippen molar-refractivity contribution in [2.75, 3.05) is 19.6 Å². The number of carbonyl (C=O) groups is 1. The van der Waals surface area contributed by atoms with Crippen LogP contribution in [0.4, 0.5) is 4.79 Å². The third kappa shape index (κ3) is 1.34. The van der Waals surface area contributed by atoms with Gasteiger partial charge in [0, 0.05) is 12.3 Å². The quantitative estimate of drug-likeness (QED) is 0.608. The third-order valence-electron chi connectivity index (χ3n) is 2.48. The Morgan fingerprint density at radius 2 is 2.25 bits per heavy atom. The van der Waals surface area contributed by atoms with Crippen molar-refractivity contribution in [1.82, 2.24) is 10.2 Å². The van der Waals surface area contributed by atoms with E-state index in [0.717, 1.165) is 25.9 Å². The van der Waals surface area contributed by atoms with Crippen LogP contribution in [0.25, 0.3) is 0 Å². The largest absolute Gasteiger partial charge is 0.343 e. The highest BCUT2D eigenvalue weighted by atomic mass is 16.2. The van der Waals surface area contributed by atoms with Crippen LogP contribution in [0.1, 0.15) is 12.8 Å². The number of rotatable bonds is 1. The molecule has 0 bridgehead atoms. The molecule has 0 unspecified atom stereocenters. The molecule has 2 rings (SSSR count). The molecular weight excluding hydrogens is 154 g/mol. The van der Waals surface area contributed by atoms with Crippen molar-refractivity contribution < 1.29 is 4.79 Å². The normalized spacial score (nSPS) is 25.3. The molecule has 0 aromatic rings. The van der Waals surface area contributed by atoms with Gasteiger partial charge < -0.3 is 10.2 Å². The van der Waals surface area contributed by atoms with E-state index < -0.39 is 0 Å². The second-order valence-corrected chi connectivity index (χ2v) is 3.23. The van der Waals surface area contributed by atoms with E-state index in [1.807, 2.05) is 4.90 Å². The van der Waals surface area contributed by atoms with Gasteiger partial charge in [0.25, 0.3) is 0 Å². The summed E-state index contributed by atoms with van der Waals surface area (Å²) in [5.74, 6) is 0. The van der Waals surface area contributed by atoms with Gasteiger partial charge in [0.1, 0.15) is 0 Å². The topological polar surface area (TPSA) is 44.7 Å². The van der Waals surface area contributed by atoms with Crippen LogP contribution < -0.4 is 5.32 Å². The lowest BCUT2D eigenvalue weighted by molar-refractivity contribution is 0.185. The summed E-state index contributed by atoms with van der Waals surface area (Å²) in [6.07, 6.45) is 3.83. The summed E-state index contributed by atoms with van der Waals surface area (Å²) < 4.78 is 0. The van der Waals surface area contributed by atoms with Crippen molar-refractivity contribution in [2.45, 2.75) is 18.9 Å². The van der Waals surface area contributed by atoms with E-state index in [9.17, 15) is 4.79 Å². The van der Waals surface area contributed by atoms with Gasteiger partial charge in [-0.3, -0.25) is 0 Å². The summed E-state index contributed by atoms with van der Waals surface area (Å²) in [6.45, 7) is 2.76. The Morgan fingerprint density at radius 3 is 2.83 bits per heavy atom. The molecule has 66 valence electrons. The molecule has 1 fully saturated rings. The Labute approximate surface area is 71.6 Å². The van der Waals surface area contributed by atoms with Crippen molar-refractivity contribution in [1.29, 1.82) is 0 Å². The molecule has 0 radical (unpaired) electrons. The highest BCUT2D eigenvalue weighted by Gasteiger charge is 2.26. The first-order valence-corrected chi connectivity index (χ1v) is 4.42. The van der Waals surface area contributed by atoms with Gasteiger partial charge >= 0.3 is 6.03 Å². The summed E-state index contributed by atoms with van der Waals surface area (Å²) in [7, 11) is 0. The Hall–Kier alpha value is -0.900. The summed E-state index contributed by atoms with van der Waals surface area (Å²) >= 11 is 0. The molecule has 4 nitrogen and oxygen atoms in total. The fourth-order valence-corrected chi connectivity index (χ4v) is 1.78. The zero-order valence-electron chi connectivity index (χ0n) is 6.99. The molecule has 0 aliphatic carbocycles. The maximum atomic E-state index is 11.2. The number of aliphatic imine (C=N–C) groups is 1. The molecule has 2 aliphatic rings. The third-order valence-corrected chi connectivity index (χ3v) is 2.48. The van der Waals surface area contributed by atoms with Crippen molar-refractivity contribution in [3.05, 3.63) is 0 Å². The Bertz CT molecular complexity index is 208. The van der Waals surface area contributed by atoms with Crippen molar-refractivity contribution in [3.8, 4) is 0 Å². The zero-order valence-corrected chi connectivity index (χ0v) is 6.99. The molecule has 1 saturated heterocycles. The SMILES string of the molecule is O=C1N=CCN1C1CCNCC1. The van der Waals surface area contributed by atoms with Gasteiger partial charge in [-0.1, -0.05) is 0 Å². The van der Waals surface area contributed by atoms with Gasteiger partial charge in [0.05, 0.1) is 6.54 Å². The minimum Gasteiger partial charge on any atom is -0.317 e.